The molecule has 4 aromatic rings. The van der Waals surface area contributed by atoms with Crippen LogP contribution in [0.1, 0.15) is 27.2 Å². The van der Waals surface area contributed by atoms with E-state index in [0.29, 0.717) is 28.5 Å². The SMILES string of the molecule is COc1ccc(CNC(=O)Cn2cc(C(=O)c3cccc(Cl)c3)c(=O)c3ccc(C)nc32)cc1. The van der Waals surface area contributed by atoms with Crippen molar-refractivity contribution in [3.05, 3.63) is 104 Å². The number of carbonyl (C=O) groups is 2. The van der Waals surface area contributed by atoms with Crippen LogP contribution in [0.4, 0.5) is 0 Å². The number of halogens is 1. The summed E-state index contributed by atoms with van der Waals surface area (Å²) in [6, 6.07) is 17.1. The standard InChI is InChI=1S/C26H22ClN3O4/c1-16-6-11-21-25(33)22(24(32)18-4-3-5-19(27)12-18)14-30(26(21)29-16)15-23(31)28-13-17-7-9-20(34-2)10-8-17/h3-12,14H,13,15H2,1-2H3,(H,28,31). The molecule has 7 nitrogen and oxygen atoms in total. The van der Waals surface area contributed by atoms with E-state index in [9.17, 15) is 14.4 Å². The van der Waals surface area contributed by atoms with E-state index in [1.54, 1.807) is 44.4 Å². The highest BCUT2D eigenvalue weighted by Gasteiger charge is 2.19. The van der Waals surface area contributed by atoms with Gasteiger partial charge in [-0.1, -0.05) is 35.9 Å². The third-order valence-corrected chi connectivity index (χ3v) is 5.59. The maximum Gasteiger partial charge on any atom is 0.240 e. The number of fused-ring (bicyclic) bond motifs is 1. The minimum absolute atomic E-state index is 0.0524. The maximum atomic E-state index is 13.1. The van der Waals surface area contributed by atoms with Crippen LogP contribution in [-0.2, 0) is 17.9 Å². The number of ketones is 1. The van der Waals surface area contributed by atoms with Crippen LogP contribution in [0.2, 0.25) is 5.02 Å². The molecule has 0 aliphatic carbocycles. The highest BCUT2D eigenvalue weighted by molar-refractivity contribution is 6.31. The predicted octanol–water partition coefficient (Wildman–Crippen LogP) is 3.91. The van der Waals surface area contributed by atoms with Crippen molar-refractivity contribution in [2.45, 2.75) is 20.0 Å². The Morgan fingerprint density at radius 2 is 1.85 bits per heavy atom. The molecule has 0 atom stereocenters. The quantitative estimate of drug-likeness (QED) is 0.409. The van der Waals surface area contributed by atoms with Crippen LogP contribution in [0.15, 0.2) is 71.7 Å². The molecule has 34 heavy (non-hydrogen) atoms. The molecule has 2 aromatic heterocycles. The zero-order valence-corrected chi connectivity index (χ0v) is 19.4. The molecule has 0 fully saturated rings. The maximum absolute atomic E-state index is 13.1. The van der Waals surface area contributed by atoms with Crippen molar-refractivity contribution in [3.8, 4) is 5.75 Å². The molecular weight excluding hydrogens is 454 g/mol. The number of methoxy groups -OCH3 is 1. The first-order valence-electron chi connectivity index (χ1n) is 10.6. The molecule has 8 heteroatoms. The number of hydrogen-bond acceptors (Lipinski definition) is 5. The van der Waals surface area contributed by atoms with E-state index in [2.05, 4.69) is 10.3 Å². The molecule has 0 spiro atoms. The van der Waals surface area contributed by atoms with E-state index < -0.39 is 11.2 Å². The summed E-state index contributed by atoms with van der Waals surface area (Å²) in [5.41, 5.74) is 1.73. The average Bonchev–Trinajstić information content (AvgIpc) is 2.84. The van der Waals surface area contributed by atoms with Crippen molar-refractivity contribution >= 4 is 34.3 Å². The smallest absolute Gasteiger partial charge is 0.240 e. The van der Waals surface area contributed by atoms with Gasteiger partial charge >= 0.3 is 0 Å². The van der Waals surface area contributed by atoms with E-state index in [1.807, 2.05) is 24.3 Å². The Morgan fingerprint density at radius 1 is 1.09 bits per heavy atom. The number of pyridine rings is 2. The molecule has 172 valence electrons. The van der Waals surface area contributed by atoms with Crippen LogP contribution in [0.5, 0.6) is 5.75 Å². The van der Waals surface area contributed by atoms with Crippen LogP contribution in [0.3, 0.4) is 0 Å². The Hall–Kier alpha value is -3.97. The van der Waals surface area contributed by atoms with Gasteiger partial charge in [0.2, 0.25) is 11.3 Å². The molecule has 0 radical (unpaired) electrons. The second kappa shape index (κ2) is 9.89. The lowest BCUT2D eigenvalue weighted by molar-refractivity contribution is -0.121. The van der Waals surface area contributed by atoms with E-state index >= 15 is 0 Å². The lowest BCUT2D eigenvalue weighted by atomic mass is 10.0. The molecule has 0 bridgehead atoms. The molecule has 0 aliphatic heterocycles. The van der Waals surface area contributed by atoms with Gasteiger partial charge in [-0.25, -0.2) is 4.98 Å². The van der Waals surface area contributed by atoms with Gasteiger partial charge in [0, 0.05) is 29.0 Å². The Kier molecular flexibility index (Phi) is 6.75. The van der Waals surface area contributed by atoms with Gasteiger partial charge in [-0.05, 0) is 48.9 Å². The van der Waals surface area contributed by atoms with Crippen molar-refractivity contribution in [2.75, 3.05) is 7.11 Å². The summed E-state index contributed by atoms with van der Waals surface area (Å²) in [5.74, 6) is -0.0271. The van der Waals surface area contributed by atoms with Gasteiger partial charge in [-0.15, -0.1) is 0 Å². The number of rotatable bonds is 7. The molecule has 2 aromatic carbocycles. The van der Waals surface area contributed by atoms with Gasteiger partial charge in [0.1, 0.15) is 17.9 Å². The fourth-order valence-electron chi connectivity index (χ4n) is 3.58. The van der Waals surface area contributed by atoms with E-state index in [1.165, 1.54) is 16.8 Å². The molecule has 4 rings (SSSR count). The Balaban J connectivity index is 1.65. The van der Waals surface area contributed by atoms with Gasteiger partial charge in [-0.2, -0.15) is 0 Å². The van der Waals surface area contributed by atoms with Gasteiger partial charge in [0.25, 0.3) is 0 Å². The van der Waals surface area contributed by atoms with E-state index in [0.717, 1.165) is 11.3 Å². The Bertz CT molecular complexity index is 1450. The Labute approximate surface area is 201 Å². The topological polar surface area (TPSA) is 90.3 Å². The number of aromatic nitrogens is 2. The highest BCUT2D eigenvalue weighted by atomic mass is 35.5. The molecule has 0 unspecified atom stereocenters. The number of hydrogen-bond donors (Lipinski definition) is 1. The Morgan fingerprint density at radius 3 is 2.56 bits per heavy atom. The van der Waals surface area contributed by atoms with Crippen molar-refractivity contribution < 1.29 is 14.3 Å². The largest absolute Gasteiger partial charge is 0.497 e. The molecule has 1 amide bonds. The highest BCUT2D eigenvalue weighted by Crippen LogP contribution is 2.17. The van der Waals surface area contributed by atoms with Crippen molar-refractivity contribution in [2.24, 2.45) is 0 Å². The minimum atomic E-state index is -0.470. The lowest BCUT2D eigenvalue weighted by Crippen LogP contribution is -2.29. The fourth-order valence-corrected chi connectivity index (χ4v) is 3.77. The van der Waals surface area contributed by atoms with Gasteiger partial charge in [0.05, 0.1) is 18.1 Å². The molecule has 0 saturated carbocycles. The first-order chi connectivity index (χ1) is 16.4. The molecule has 0 saturated heterocycles. The zero-order valence-electron chi connectivity index (χ0n) is 18.7. The third-order valence-electron chi connectivity index (χ3n) is 5.35. The summed E-state index contributed by atoms with van der Waals surface area (Å²) < 4.78 is 6.68. The second-order valence-electron chi connectivity index (χ2n) is 7.79. The first kappa shape index (κ1) is 23.2. The van der Waals surface area contributed by atoms with Crippen LogP contribution < -0.4 is 15.5 Å². The lowest BCUT2D eigenvalue weighted by Gasteiger charge is -2.13. The van der Waals surface area contributed by atoms with Gasteiger partial charge < -0.3 is 14.6 Å². The second-order valence-corrected chi connectivity index (χ2v) is 8.22. The van der Waals surface area contributed by atoms with Crippen molar-refractivity contribution in [1.29, 1.82) is 0 Å². The van der Waals surface area contributed by atoms with Crippen LogP contribution in [-0.4, -0.2) is 28.4 Å². The van der Waals surface area contributed by atoms with Crippen molar-refractivity contribution in [1.82, 2.24) is 14.9 Å². The summed E-state index contributed by atoms with van der Waals surface area (Å²) in [5, 5.41) is 3.51. The zero-order chi connectivity index (χ0) is 24.2. The first-order valence-corrected chi connectivity index (χ1v) is 10.9. The van der Waals surface area contributed by atoms with Gasteiger partial charge in [-0.3, -0.25) is 14.4 Å². The third kappa shape index (κ3) is 5.00. The van der Waals surface area contributed by atoms with E-state index in [-0.39, 0.29) is 23.4 Å². The van der Waals surface area contributed by atoms with Crippen LogP contribution in [0.25, 0.3) is 11.0 Å². The van der Waals surface area contributed by atoms with Crippen LogP contribution >= 0.6 is 11.6 Å². The predicted molar refractivity (Wildman–Crippen MR) is 130 cm³/mol. The number of nitrogens with one attached hydrogen (secondary N) is 1. The summed E-state index contributed by atoms with van der Waals surface area (Å²) in [4.78, 5) is 43.5. The summed E-state index contributed by atoms with van der Waals surface area (Å²) in [7, 11) is 1.59. The monoisotopic (exact) mass is 475 g/mol. The summed E-state index contributed by atoms with van der Waals surface area (Å²) in [6.07, 6.45) is 1.40. The number of ether oxygens (including phenoxy) is 1. The number of carbonyl (C=O) groups excluding carboxylic acids is 2. The average molecular weight is 476 g/mol. The van der Waals surface area contributed by atoms with Crippen LogP contribution in [0, 0.1) is 6.92 Å². The van der Waals surface area contributed by atoms with Crippen molar-refractivity contribution in [3.63, 3.8) is 0 Å². The fraction of sp³-hybridized carbons (Fsp3) is 0.154. The number of aryl methyl sites for hydroxylation is 1. The molecule has 2 heterocycles. The summed E-state index contributed by atoms with van der Waals surface area (Å²) in [6.45, 7) is 2.00. The number of nitrogens with zero attached hydrogens (tertiary/aromatic N) is 2. The summed E-state index contributed by atoms with van der Waals surface area (Å²) >= 11 is 6.03. The molecule has 1 N–H and O–H groups in total. The number of benzene rings is 2. The molecular formula is C26H22ClN3O4. The molecule has 0 aliphatic rings. The number of amides is 1. The normalized spacial score (nSPS) is 10.8. The minimum Gasteiger partial charge on any atom is -0.497 e. The van der Waals surface area contributed by atoms with E-state index in [4.69, 9.17) is 16.3 Å². The van der Waals surface area contributed by atoms with Gasteiger partial charge in [0.15, 0.2) is 5.78 Å².